The first-order chi connectivity index (χ1) is 16.2. The number of likely N-dealkylation sites (tertiary alicyclic amines) is 1. The number of rotatable bonds is 3. The van der Waals surface area contributed by atoms with Gasteiger partial charge in [-0.3, -0.25) is 5.32 Å². The van der Waals surface area contributed by atoms with Gasteiger partial charge < -0.3 is 9.64 Å². The Kier molecular flexibility index (Phi) is 6.05. The molecule has 1 amide bonds. The zero-order valence-corrected chi connectivity index (χ0v) is 21.0. The largest absolute Gasteiger partial charge is 0.444 e. The summed E-state index contributed by atoms with van der Waals surface area (Å²) in [6.07, 6.45) is 9.38. The maximum atomic E-state index is 12.0. The third kappa shape index (κ3) is 4.53. The molecule has 2 aromatic carbocycles. The number of piperidine rings is 1. The van der Waals surface area contributed by atoms with Gasteiger partial charge in [-0.05, 0) is 93.7 Å². The zero-order valence-electron chi connectivity index (χ0n) is 21.0. The lowest BCUT2D eigenvalue weighted by atomic mass is 9.68. The van der Waals surface area contributed by atoms with Crippen LogP contribution in [0.4, 0.5) is 10.5 Å². The van der Waals surface area contributed by atoms with Gasteiger partial charge in [-0.2, -0.15) is 0 Å². The number of amides is 1. The molecule has 1 N–H and O–H groups in total. The molecule has 0 bridgehead atoms. The molecule has 3 aliphatic rings. The third-order valence-corrected chi connectivity index (χ3v) is 8.17. The zero-order chi connectivity index (χ0) is 23.9. The van der Waals surface area contributed by atoms with Gasteiger partial charge in [0, 0.05) is 23.7 Å². The molecule has 4 nitrogen and oxygen atoms in total. The van der Waals surface area contributed by atoms with Crippen LogP contribution in [0.25, 0.3) is 6.08 Å². The van der Waals surface area contributed by atoms with E-state index < -0.39 is 11.7 Å². The number of nitrogens with zero attached hydrogens (tertiary/aromatic N) is 1. The van der Waals surface area contributed by atoms with Gasteiger partial charge in [0.15, 0.2) is 0 Å². The van der Waals surface area contributed by atoms with E-state index in [4.69, 9.17) is 4.74 Å². The molecule has 0 radical (unpaired) electrons. The van der Waals surface area contributed by atoms with Crippen LogP contribution in [0.1, 0.15) is 76.0 Å². The fourth-order valence-electron chi connectivity index (χ4n) is 6.41. The van der Waals surface area contributed by atoms with Crippen LogP contribution in [0, 0.1) is 5.92 Å². The minimum atomic E-state index is -0.494. The van der Waals surface area contributed by atoms with Crippen LogP contribution in [-0.4, -0.2) is 35.7 Å². The lowest BCUT2D eigenvalue weighted by Crippen LogP contribution is -2.50. The van der Waals surface area contributed by atoms with Crippen molar-refractivity contribution in [2.75, 3.05) is 18.4 Å². The van der Waals surface area contributed by atoms with E-state index in [0.29, 0.717) is 17.9 Å². The highest BCUT2D eigenvalue weighted by Crippen LogP contribution is 2.48. The van der Waals surface area contributed by atoms with Crippen molar-refractivity contribution in [3.05, 3.63) is 71.3 Å². The molecule has 5 rings (SSSR count). The summed E-state index contributed by atoms with van der Waals surface area (Å²) in [5, 5.41) is 2.84. The molecular weight excluding hydrogens is 420 g/mol. The van der Waals surface area contributed by atoms with E-state index >= 15 is 0 Å². The Morgan fingerprint density at radius 2 is 1.85 bits per heavy atom. The molecule has 34 heavy (non-hydrogen) atoms. The molecule has 1 spiro atoms. The Hall–Kier alpha value is -2.59. The highest BCUT2D eigenvalue weighted by molar-refractivity contribution is 5.84. The number of benzene rings is 2. The second-order valence-corrected chi connectivity index (χ2v) is 11.5. The number of nitrogens with one attached hydrogen (secondary N) is 1. The number of fused-ring (bicyclic) bond motifs is 2. The molecule has 2 fully saturated rings. The fraction of sp³-hybridized carbons (Fsp3) is 0.500. The van der Waals surface area contributed by atoms with Gasteiger partial charge in [0.25, 0.3) is 0 Å². The lowest BCUT2D eigenvalue weighted by Gasteiger charge is -2.46. The second-order valence-electron chi connectivity index (χ2n) is 11.5. The smallest absolute Gasteiger partial charge is 0.412 e. The second kappa shape index (κ2) is 8.88. The number of allylic oxidation sites excluding steroid dienone is 1. The molecule has 1 heterocycles. The van der Waals surface area contributed by atoms with Gasteiger partial charge in [0.2, 0.25) is 0 Å². The first kappa shape index (κ1) is 23.2. The van der Waals surface area contributed by atoms with Crippen molar-refractivity contribution in [1.29, 1.82) is 0 Å². The molecule has 4 atom stereocenters. The Bertz CT molecular complexity index is 1070. The van der Waals surface area contributed by atoms with Crippen molar-refractivity contribution in [2.24, 2.45) is 5.92 Å². The van der Waals surface area contributed by atoms with E-state index in [2.05, 4.69) is 65.7 Å². The maximum absolute atomic E-state index is 12.0. The van der Waals surface area contributed by atoms with E-state index in [1.165, 1.54) is 55.5 Å². The highest BCUT2D eigenvalue weighted by atomic mass is 16.6. The predicted octanol–water partition coefficient (Wildman–Crippen LogP) is 6.98. The molecule has 1 aliphatic heterocycles. The van der Waals surface area contributed by atoms with Crippen LogP contribution in [0.5, 0.6) is 0 Å². The van der Waals surface area contributed by atoms with Crippen molar-refractivity contribution >= 4 is 17.9 Å². The Morgan fingerprint density at radius 1 is 1.09 bits per heavy atom. The summed E-state index contributed by atoms with van der Waals surface area (Å²) in [6.45, 7) is 10.4. The van der Waals surface area contributed by atoms with Crippen LogP contribution in [0.15, 0.2) is 54.6 Å². The van der Waals surface area contributed by atoms with Gasteiger partial charge in [-0.15, -0.1) is 0 Å². The summed E-state index contributed by atoms with van der Waals surface area (Å²) in [6, 6.07) is 18.0. The van der Waals surface area contributed by atoms with Crippen molar-refractivity contribution < 1.29 is 9.53 Å². The molecule has 180 valence electrons. The third-order valence-electron chi connectivity index (χ3n) is 8.17. The molecule has 4 heteroatoms. The average Bonchev–Trinajstić information content (AvgIpc) is 3.42. The van der Waals surface area contributed by atoms with Crippen LogP contribution in [0.3, 0.4) is 0 Å². The Balaban J connectivity index is 1.18. The fourth-order valence-corrected chi connectivity index (χ4v) is 6.41. The summed E-state index contributed by atoms with van der Waals surface area (Å²) in [4.78, 5) is 14.8. The normalized spacial score (nSPS) is 28.8. The van der Waals surface area contributed by atoms with Crippen LogP contribution < -0.4 is 5.32 Å². The number of anilines is 1. The average molecular weight is 459 g/mol. The molecule has 1 saturated heterocycles. The van der Waals surface area contributed by atoms with Gasteiger partial charge in [-0.1, -0.05) is 55.5 Å². The first-order valence-electron chi connectivity index (χ1n) is 12.9. The number of hydrogen-bond acceptors (Lipinski definition) is 3. The lowest BCUT2D eigenvalue weighted by molar-refractivity contribution is 0.0636. The van der Waals surface area contributed by atoms with Crippen molar-refractivity contribution in [3.63, 3.8) is 0 Å². The van der Waals surface area contributed by atoms with Gasteiger partial charge in [0.1, 0.15) is 5.60 Å². The van der Waals surface area contributed by atoms with Crippen LogP contribution >= 0.6 is 0 Å². The number of carbonyl (C=O) groups excluding carboxylic acids is 1. The number of hydrogen-bond donors (Lipinski definition) is 1. The number of ether oxygens (including phenoxy) is 1. The minimum Gasteiger partial charge on any atom is -0.444 e. The Morgan fingerprint density at radius 3 is 2.59 bits per heavy atom. The minimum absolute atomic E-state index is 0.224. The summed E-state index contributed by atoms with van der Waals surface area (Å²) in [5.74, 6) is 1.22. The van der Waals surface area contributed by atoms with E-state index in [1.54, 1.807) is 0 Å². The highest BCUT2D eigenvalue weighted by Gasteiger charge is 2.45. The standard InChI is InChI=1S/C30H38N2O2/c1-21-20-32(18-17-30(21)16-15-23-7-5-6-8-27(23)30)26-14-11-24(19-26)22-9-12-25(13-10-22)31-28(33)34-29(2,3)4/h5-10,12-13,15-16,21,24,26H,11,14,17-20H2,1-4H3,(H,31,33)/t21-,24?,26?,30?/m0/s1. The summed E-state index contributed by atoms with van der Waals surface area (Å²) in [7, 11) is 0. The molecule has 2 aliphatic carbocycles. The van der Waals surface area contributed by atoms with Crippen molar-refractivity contribution in [1.82, 2.24) is 4.90 Å². The predicted molar refractivity (Wildman–Crippen MR) is 139 cm³/mol. The van der Waals surface area contributed by atoms with Crippen LogP contribution in [-0.2, 0) is 10.2 Å². The van der Waals surface area contributed by atoms with Gasteiger partial charge >= 0.3 is 6.09 Å². The number of carbonyl (C=O) groups is 1. The topological polar surface area (TPSA) is 41.6 Å². The summed E-state index contributed by atoms with van der Waals surface area (Å²) < 4.78 is 5.36. The van der Waals surface area contributed by atoms with E-state index in [0.717, 1.165) is 5.69 Å². The maximum Gasteiger partial charge on any atom is 0.412 e. The van der Waals surface area contributed by atoms with E-state index in [1.807, 2.05) is 32.9 Å². The SMILES string of the molecule is C[C@H]1CN(C2CCC(c3ccc(NC(=O)OC(C)(C)C)cc3)C2)CCC12C=Cc1ccccc12. The van der Waals surface area contributed by atoms with Gasteiger partial charge in [0.05, 0.1) is 0 Å². The molecule has 1 saturated carbocycles. The van der Waals surface area contributed by atoms with Gasteiger partial charge in [-0.25, -0.2) is 4.79 Å². The molecule has 0 aromatic heterocycles. The summed E-state index contributed by atoms with van der Waals surface area (Å²) >= 11 is 0. The van der Waals surface area contributed by atoms with E-state index in [9.17, 15) is 4.79 Å². The monoisotopic (exact) mass is 458 g/mol. The van der Waals surface area contributed by atoms with Crippen molar-refractivity contribution in [3.8, 4) is 0 Å². The molecule has 2 aromatic rings. The van der Waals surface area contributed by atoms with E-state index in [-0.39, 0.29) is 5.41 Å². The van der Waals surface area contributed by atoms with Crippen molar-refractivity contribution in [2.45, 2.75) is 76.4 Å². The van der Waals surface area contributed by atoms with Crippen LogP contribution in [0.2, 0.25) is 0 Å². The quantitative estimate of drug-likeness (QED) is 0.540. The molecule has 3 unspecified atom stereocenters. The Labute approximate surface area is 204 Å². The first-order valence-corrected chi connectivity index (χ1v) is 12.9. The molecular formula is C30H38N2O2. The summed E-state index contributed by atoms with van der Waals surface area (Å²) in [5.41, 5.74) is 4.84.